The molecule has 7 nitrogen and oxygen atoms in total. The maximum atomic E-state index is 10.7. The Bertz CT molecular complexity index is 437. The van der Waals surface area contributed by atoms with Gasteiger partial charge >= 0.3 is 5.69 Å². The standard InChI is InChI=1S/C9H10N2O5S/c1-17-5-4-16-9-3-2-7(10(12)13)6-8(9)11(14)15/h2-3,6H,4-5H2,1H3. The van der Waals surface area contributed by atoms with Crippen molar-refractivity contribution in [1.29, 1.82) is 0 Å². The Morgan fingerprint density at radius 1 is 1.29 bits per heavy atom. The largest absolute Gasteiger partial charge is 0.486 e. The van der Waals surface area contributed by atoms with Gasteiger partial charge in [-0.1, -0.05) is 0 Å². The summed E-state index contributed by atoms with van der Waals surface area (Å²) in [5.41, 5.74) is -0.714. The molecule has 1 aromatic carbocycles. The van der Waals surface area contributed by atoms with E-state index in [1.54, 1.807) is 11.8 Å². The molecule has 17 heavy (non-hydrogen) atoms. The van der Waals surface area contributed by atoms with Crippen molar-refractivity contribution < 1.29 is 14.6 Å². The average Bonchev–Trinajstić information content (AvgIpc) is 2.29. The monoisotopic (exact) mass is 258 g/mol. The molecule has 0 aliphatic rings. The van der Waals surface area contributed by atoms with Crippen molar-refractivity contribution in [3.05, 3.63) is 38.4 Å². The van der Waals surface area contributed by atoms with Crippen LogP contribution in [0.5, 0.6) is 5.75 Å². The van der Waals surface area contributed by atoms with Crippen LogP contribution in [0.3, 0.4) is 0 Å². The Morgan fingerprint density at radius 3 is 2.53 bits per heavy atom. The van der Waals surface area contributed by atoms with Crippen molar-refractivity contribution >= 4 is 23.1 Å². The maximum Gasteiger partial charge on any atom is 0.317 e. The number of benzene rings is 1. The predicted molar refractivity (Wildman–Crippen MR) is 63.6 cm³/mol. The van der Waals surface area contributed by atoms with Gasteiger partial charge in [-0.2, -0.15) is 11.8 Å². The van der Waals surface area contributed by atoms with Gasteiger partial charge in [-0.3, -0.25) is 20.2 Å². The topological polar surface area (TPSA) is 95.5 Å². The van der Waals surface area contributed by atoms with Gasteiger partial charge < -0.3 is 4.74 Å². The first-order valence-electron chi connectivity index (χ1n) is 4.61. The first-order chi connectivity index (χ1) is 8.06. The summed E-state index contributed by atoms with van der Waals surface area (Å²) in [6.07, 6.45) is 1.88. The second-order valence-corrected chi connectivity index (χ2v) is 3.99. The van der Waals surface area contributed by atoms with Crippen LogP contribution in [0.15, 0.2) is 18.2 Å². The summed E-state index contributed by atoms with van der Waals surface area (Å²) in [7, 11) is 0. The highest BCUT2D eigenvalue weighted by Gasteiger charge is 2.20. The van der Waals surface area contributed by atoms with Gasteiger partial charge in [0.05, 0.1) is 22.5 Å². The molecule has 0 atom stereocenters. The zero-order valence-electron chi connectivity index (χ0n) is 8.99. The fourth-order valence-corrected chi connectivity index (χ4v) is 1.37. The van der Waals surface area contributed by atoms with Gasteiger partial charge in [0.1, 0.15) is 0 Å². The van der Waals surface area contributed by atoms with E-state index in [0.29, 0.717) is 12.4 Å². The Morgan fingerprint density at radius 2 is 2.00 bits per heavy atom. The number of nitrogens with zero attached hydrogens (tertiary/aromatic N) is 2. The molecular weight excluding hydrogens is 248 g/mol. The summed E-state index contributed by atoms with van der Waals surface area (Å²) in [6, 6.07) is 3.33. The summed E-state index contributed by atoms with van der Waals surface area (Å²) < 4.78 is 5.19. The van der Waals surface area contributed by atoms with Gasteiger partial charge in [0.2, 0.25) is 0 Å². The summed E-state index contributed by atoms with van der Waals surface area (Å²) in [5, 5.41) is 21.2. The van der Waals surface area contributed by atoms with E-state index in [1.165, 1.54) is 12.1 Å². The van der Waals surface area contributed by atoms with E-state index in [9.17, 15) is 20.2 Å². The first-order valence-corrected chi connectivity index (χ1v) is 6.00. The number of nitro groups is 2. The molecular formula is C9H10N2O5S. The van der Waals surface area contributed by atoms with Crippen LogP contribution in [-0.2, 0) is 0 Å². The Hall–Kier alpha value is -1.83. The molecule has 0 saturated heterocycles. The van der Waals surface area contributed by atoms with E-state index in [4.69, 9.17) is 4.74 Å². The number of hydrogen-bond acceptors (Lipinski definition) is 6. The zero-order chi connectivity index (χ0) is 12.8. The second kappa shape index (κ2) is 6.04. The van der Waals surface area contributed by atoms with E-state index in [1.807, 2.05) is 6.26 Å². The molecule has 92 valence electrons. The molecule has 0 aliphatic heterocycles. The molecule has 0 heterocycles. The smallest absolute Gasteiger partial charge is 0.317 e. The number of non-ortho nitro benzene ring substituents is 1. The van der Waals surface area contributed by atoms with Crippen LogP contribution in [0, 0.1) is 20.2 Å². The van der Waals surface area contributed by atoms with Crippen LogP contribution in [0.25, 0.3) is 0 Å². The Kier molecular flexibility index (Phi) is 4.70. The Balaban J connectivity index is 2.96. The molecule has 0 bridgehead atoms. The minimum Gasteiger partial charge on any atom is -0.486 e. The van der Waals surface area contributed by atoms with Gasteiger partial charge in [0.15, 0.2) is 5.75 Å². The third-order valence-electron chi connectivity index (χ3n) is 1.90. The van der Waals surface area contributed by atoms with Crippen molar-refractivity contribution in [2.45, 2.75) is 0 Å². The molecule has 0 N–H and O–H groups in total. The summed E-state index contributed by atoms with van der Waals surface area (Å²) >= 11 is 1.54. The molecule has 0 aliphatic carbocycles. The van der Waals surface area contributed by atoms with Crippen LogP contribution in [0.2, 0.25) is 0 Å². The highest BCUT2D eigenvalue weighted by molar-refractivity contribution is 7.98. The molecule has 0 radical (unpaired) electrons. The predicted octanol–water partition coefficient (Wildman–Crippen LogP) is 2.24. The van der Waals surface area contributed by atoms with Crippen LogP contribution in [0.1, 0.15) is 0 Å². The highest BCUT2D eigenvalue weighted by Crippen LogP contribution is 2.30. The van der Waals surface area contributed by atoms with Crippen LogP contribution in [0.4, 0.5) is 11.4 Å². The highest BCUT2D eigenvalue weighted by atomic mass is 32.2. The van der Waals surface area contributed by atoms with Crippen molar-refractivity contribution in [2.75, 3.05) is 18.6 Å². The van der Waals surface area contributed by atoms with E-state index in [-0.39, 0.29) is 17.1 Å². The SMILES string of the molecule is CSCCOc1ccc([N+](=O)[O-])cc1[N+](=O)[O-]. The van der Waals surface area contributed by atoms with Gasteiger partial charge in [-0.05, 0) is 12.3 Å². The normalized spacial score (nSPS) is 9.94. The van der Waals surface area contributed by atoms with Gasteiger partial charge in [0, 0.05) is 11.8 Å². The lowest BCUT2D eigenvalue weighted by Crippen LogP contribution is -2.03. The zero-order valence-corrected chi connectivity index (χ0v) is 9.81. The van der Waals surface area contributed by atoms with Gasteiger partial charge in [0.25, 0.3) is 5.69 Å². The summed E-state index contributed by atoms with van der Waals surface area (Å²) in [4.78, 5) is 19.8. The van der Waals surface area contributed by atoms with Gasteiger partial charge in [-0.15, -0.1) is 0 Å². The number of rotatable bonds is 6. The number of ether oxygens (including phenoxy) is 1. The minimum absolute atomic E-state index is 0.0506. The van der Waals surface area contributed by atoms with Crippen molar-refractivity contribution in [2.24, 2.45) is 0 Å². The molecule has 1 rings (SSSR count). The lowest BCUT2D eigenvalue weighted by Gasteiger charge is -2.05. The van der Waals surface area contributed by atoms with Gasteiger partial charge in [-0.25, -0.2) is 0 Å². The summed E-state index contributed by atoms with van der Waals surface area (Å²) in [5.74, 6) is 0.739. The van der Waals surface area contributed by atoms with Crippen molar-refractivity contribution in [3.63, 3.8) is 0 Å². The van der Waals surface area contributed by atoms with Crippen LogP contribution >= 0.6 is 11.8 Å². The van der Waals surface area contributed by atoms with E-state index in [2.05, 4.69) is 0 Å². The lowest BCUT2D eigenvalue weighted by molar-refractivity contribution is -0.394. The van der Waals surface area contributed by atoms with E-state index < -0.39 is 9.85 Å². The van der Waals surface area contributed by atoms with Crippen LogP contribution < -0.4 is 4.74 Å². The number of hydrogen-bond donors (Lipinski definition) is 0. The average molecular weight is 258 g/mol. The van der Waals surface area contributed by atoms with Crippen molar-refractivity contribution in [3.8, 4) is 5.75 Å². The molecule has 0 amide bonds. The third-order valence-corrected chi connectivity index (χ3v) is 2.47. The second-order valence-electron chi connectivity index (χ2n) is 3.01. The van der Waals surface area contributed by atoms with Crippen LogP contribution in [-0.4, -0.2) is 28.5 Å². The molecule has 0 saturated carbocycles. The molecule has 0 spiro atoms. The fraction of sp³-hybridized carbons (Fsp3) is 0.333. The fourth-order valence-electron chi connectivity index (χ4n) is 1.12. The molecule has 8 heteroatoms. The number of thioether (sulfide) groups is 1. The Labute approximate surface area is 101 Å². The first kappa shape index (κ1) is 13.2. The molecule has 0 aromatic heterocycles. The molecule has 0 unspecified atom stereocenters. The quantitative estimate of drug-likeness (QED) is 0.441. The summed E-state index contributed by atoms with van der Waals surface area (Å²) in [6.45, 7) is 0.319. The minimum atomic E-state index is -0.693. The molecule has 1 aromatic rings. The molecule has 0 fully saturated rings. The van der Waals surface area contributed by atoms with Crippen molar-refractivity contribution in [1.82, 2.24) is 0 Å². The van der Waals surface area contributed by atoms with E-state index >= 15 is 0 Å². The van der Waals surface area contributed by atoms with E-state index in [0.717, 1.165) is 6.07 Å². The third kappa shape index (κ3) is 3.59. The lowest BCUT2D eigenvalue weighted by atomic mass is 10.2. The number of nitro benzene ring substituents is 2. The maximum absolute atomic E-state index is 10.7.